The van der Waals surface area contributed by atoms with Crippen molar-refractivity contribution in [1.29, 1.82) is 0 Å². The minimum absolute atomic E-state index is 0.000229. The molecule has 0 saturated heterocycles. The van der Waals surface area contributed by atoms with E-state index in [0.29, 0.717) is 16.6 Å². The number of hydrogen-bond acceptors (Lipinski definition) is 4. The van der Waals surface area contributed by atoms with Crippen molar-refractivity contribution in [1.82, 2.24) is 4.98 Å². The molecule has 1 atom stereocenters. The smallest absolute Gasteiger partial charge is 0.241 e. The Hall–Kier alpha value is -2.66. The Morgan fingerprint density at radius 3 is 2.76 bits per heavy atom. The molecule has 0 radical (unpaired) electrons. The van der Waals surface area contributed by atoms with Crippen LogP contribution in [0.25, 0.3) is 21.8 Å². The van der Waals surface area contributed by atoms with Gasteiger partial charge in [-0.05, 0) is 31.2 Å². The van der Waals surface area contributed by atoms with Gasteiger partial charge in [0.15, 0.2) is 0 Å². The lowest BCUT2D eigenvalue weighted by Gasteiger charge is -2.11. The number of para-hydroxylation sites is 1. The maximum atomic E-state index is 11.7. The highest BCUT2D eigenvalue weighted by atomic mass is 16.3. The van der Waals surface area contributed by atoms with Crippen LogP contribution in [0.3, 0.4) is 0 Å². The van der Waals surface area contributed by atoms with E-state index >= 15 is 0 Å². The predicted molar refractivity (Wildman–Crippen MR) is 83.2 cm³/mol. The second-order valence-corrected chi connectivity index (χ2v) is 4.99. The minimum atomic E-state index is -0.644. The van der Waals surface area contributed by atoms with Crippen LogP contribution in [0.1, 0.15) is 6.92 Å². The van der Waals surface area contributed by atoms with Crippen LogP contribution in [0.5, 0.6) is 5.75 Å². The molecular formula is C16H15N3O2. The highest BCUT2D eigenvalue weighted by Crippen LogP contribution is 2.33. The number of nitrogens with zero attached hydrogens (tertiary/aromatic N) is 1. The summed E-state index contributed by atoms with van der Waals surface area (Å²) in [6, 6.07) is 12.3. The van der Waals surface area contributed by atoms with Crippen molar-refractivity contribution in [2.75, 3.05) is 5.32 Å². The number of rotatable bonds is 2. The predicted octanol–water partition coefficient (Wildman–Crippen LogP) is 2.38. The third-order valence-corrected chi connectivity index (χ3v) is 3.34. The first-order valence-corrected chi connectivity index (χ1v) is 6.64. The number of fused-ring (bicyclic) bond motifs is 2. The topological polar surface area (TPSA) is 88.2 Å². The zero-order valence-electron chi connectivity index (χ0n) is 11.5. The Balaban J connectivity index is 2.15. The van der Waals surface area contributed by atoms with Gasteiger partial charge in [-0.3, -0.25) is 4.79 Å². The first kappa shape index (κ1) is 13.3. The maximum absolute atomic E-state index is 11.7. The molecule has 0 fully saturated rings. The molecule has 4 N–H and O–H groups in total. The first-order valence-electron chi connectivity index (χ1n) is 6.64. The molecule has 0 bridgehead atoms. The lowest BCUT2D eigenvalue weighted by atomic mass is 10.1. The molecule has 0 aliphatic rings. The van der Waals surface area contributed by atoms with Gasteiger partial charge in [0.2, 0.25) is 5.91 Å². The van der Waals surface area contributed by atoms with Crippen LogP contribution >= 0.6 is 0 Å². The Morgan fingerprint density at radius 1 is 1.24 bits per heavy atom. The third-order valence-electron chi connectivity index (χ3n) is 3.34. The van der Waals surface area contributed by atoms with Crippen molar-refractivity contribution in [3.05, 3.63) is 42.5 Å². The SMILES string of the molecule is C[C@H](N)C(=O)Nc1ccc2nc3ccccc3cc2c1O. The van der Waals surface area contributed by atoms with Gasteiger partial charge in [0.1, 0.15) is 5.75 Å². The van der Waals surface area contributed by atoms with E-state index in [1.54, 1.807) is 19.1 Å². The number of phenols is 1. The summed E-state index contributed by atoms with van der Waals surface area (Å²) in [7, 11) is 0. The number of aromatic nitrogens is 1. The van der Waals surface area contributed by atoms with Crippen molar-refractivity contribution in [2.45, 2.75) is 13.0 Å². The number of nitrogens with one attached hydrogen (secondary N) is 1. The second kappa shape index (κ2) is 5.03. The number of phenolic OH excluding ortho intramolecular Hbond substituents is 1. The minimum Gasteiger partial charge on any atom is -0.505 e. The van der Waals surface area contributed by atoms with Crippen molar-refractivity contribution in [3.63, 3.8) is 0 Å². The number of amides is 1. The number of benzene rings is 2. The van der Waals surface area contributed by atoms with Crippen LogP contribution in [0.2, 0.25) is 0 Å². The highest BCUT2D eigenvalue weighted by Gasteiger charge is 2.13. The largest absolute Gasteiger partial charge is 0.505 e. The van der Waals surface area contributed by atoms with Gasteiger partial charge in [-0.15, -0.1) is 0 Å². The lowest BCUT2D eigenvalue weighted by Crippen LogP contribution is -2.32. The Labute approximate surface area is 121 Å². The number of hydrogen-bond donors (Lipinski definition) is 3. The molecular weight excluding hydrogens is 266 g/mol. The number of anilines is 1. The summed E-state index contributed by atoms with van der Waals surface area (Å²) in [5.74, 6) is -0.349. The fourth-order valence-electron chi connectivity index (χ4n) is 2.18. The summed E-state index contributed by atoms with van der Waals surface area (Å²) in [5, 5.41) is 14.5. The first-order chi connectivity index (χ1) is 10.1. The summed E-state index contributed by atoms with van der Waals surface area (Å²) in [4.78, 5) is 16.1. The fourth-order valence-corrected chi connectivity index (χ4v) is 2.18. The number of aromatic hydroxyl groups is 1. The van der Waals surface area contributed by atoms with E-state index in [4.69, 9.17) is 5.73 Å². The third kappa shape index (κ3) is 2.39. The van der Waals surface area contributed by atoms with Gasteiger partial charge in [0, 0.05) is 10.8 Å². The molecule has 3 aromatic rings. The van der Waals surface area contributed by atoms with Crippen LogP contribution < -0.4 is 11.1 Å². The molecule has 1 aromatic heterocycles. The molecule has 0 aliphatic heterocycles. The van der Waals surface area contributed by atoms with E-state index in [0.717, 1.165) is 10.9 Å². The van der Waals surface area contributed by atoms with E-state index in [1.807, 2.05) is 30.3 Å². The molecule has 5 nitrogen and oxygen atoms in total. The van der Waals surface area contributed by atoms with Crippen LogP contribution in [0.15, 0.2) is 42.5 Å². The van der Waals surface area contributed by atoms with Gasteiger partial charge in [0.25, 0.3) is 0 Å². The Bertz CT molecular complexity index is 843. The summed E-state index contributed by atoms with van der Waals surface area (Å²) >= 11 is 0. The van der Waals surface area contributed by atoms with E-state index in [1.165, 1.54) is 0 Å². The number of carbonyl (C=O) groups excluding carboxylic acids is 1. The molecule has 21 heavy (non-hydrogen) atoms. The van der Waals surface area contributed by atoms with Crippen molar-refractivity contribution in [2.24, 2.45) is 5.73 Å². The molecule has 1 heterocycles. The number of pyridine rings is 1. The van der Waals surface area contributed by atoms with E-state index < -0.39 is 6.04 Å². The fraction of sp³-hybridized carbons (Fsp3) is 0.125. The summed E-state index contributed by atoms with van der Waals surface area (Å²) in [6.45, 7) is 1.59. The zero-order chi connectivity index (χ0) is 15.0. The summed E-state index contributed by atoms with van der Waals surface area (Å²) < 4.78 is 0. The monoisotopic (exact) mass is 281 g/mol. The average molecular weight is 281 g/mol. The van der Waals surface area contributed by atoms with Gasteiger partial charge in [-0.25, -0.2) is 4.98 Å². The maximum Gasteiger partial charge on any atom is 0.241 e. The van der Waals surface area contributed by atoms with E-state index in [-0.39, 0.29) is 11.7 Å². The Morgan fingerprint density at radius 2 is 2.00 bits per heavy atom. The van der Waals surface area contributed by atoms with Gasteiger partial charge >= 0.3 is 0 Å². The average Bonchev–Trinajstić information content (AvgIpc) is 2.48. The molecule has 0 aliphatic carbocycles. The van der Waals surface area contributed by atoms with E-state index in [9.17, 15) is 9.90 Å². The molecule has 1 amide bonds. The molecule has 0 spiro atoms. The van der Waals surface area contributed by atoms with Gasteiger partial charge in [-0.1, -0.05) is 18.2 Å². The molecule has 0 saturated carbocycles. The number of carbonyl (C=O) groups is 1. The number of nitrogens with two attached hydrogens (primary N) is 1. The Kier molecular flexibility index (Phi) is 3.19. The van der Waals surface area contributed by atoms with E-state index in [2.05, 4.69) is 10.3 Å². The van der Waals surface area contributed by atoms with Crippen molar-refractivity contribution < 1.29 is 9.90 Å². The molecule has 106 valence electrons. The quantitative estimate of drug-likeness (QED) is 0.497. The molecule has 0 unspecified atom stereocenters. The lowest BCUT2D eigenvalue weighted by molar-refractivity contribution is -0.117. The summed E-state index contributed by atoms with van der Waals surface area (Å²) in [6.07, 6.45) is 0. The highest BCUT2D eigenvalue weighted by molar-refractivity contribution is 6.02. The summed E-state index contributed by atoms with van der Waals surface area (Å²) in [5.41, 5.74) is 7.38. The molecule has 2 aromatic carbocycles. The molecule has 5 heteroatoms. The van der Waals surface area contributed by atoms with Crippen LogP contribution in [0.4, 0.5) is 5.69 Å². The normalized spacial score (nSPS) is 12.5. The van der Waals surface area contributed by atoms with Gasteiger partial charge < -0.3 is 16.2 Å². The second-order valence-electron chi connectivity index (χ2n) is 4.99. The van der Waals surface area contributed by atoms with Crippen molar-refractivity contribution >= 4 is 33.4 Å². The zero-order valence-corrected chi connectivity index (χ0v) is 11.5. The van der Waals surface area contributed by atoms with Crippen LogP contribution in [-0.2, 0) is 4.79 Å². The van der Waals surface area contributed by atoms with Gasteiger partial charge in [0.05, 0.1) is 22.8 Å². The van der Waals surface area contributed by atoms with Gasteiger partial charge in [-0.2, -0.15) is 0 Å². The standard InChI is InChI=1S/C16H15N3O2/c1-9(17)16(21)19-14-7-6-13-11(15(14)20)8-10-4-2-3-5-12(10)18-13/h2-9,20H,17H2,1H3,(H,19,21)/t9-/m0/s1. The van der Waals surface area contributed by atoms with Crippen LogP contribution in [-0.4, -0.2) is 22.0 Å². The molecule has 3 rings (SSSR count). The van der Waals surface area contributed by atoms with Crippen molar-refractivity contribution in [3.8, 4) is 5.75 Å². The van der Waals surface area contributed by atoms with Crippen LogP contribution in [0, 0.1) is 0 Å².